The number of carbonyl (C=O) groups excluding carboxylic acids is 1. The van der Waals surface area contributed by atoms with Gasteiger partial charge in [0, 0.05) is 16.0 Å². The highest BCUT2D eigenvalue weighted by molar-refractivity contribution is 6.31. The predicted octanol–water partition coefficient (Wildman–Crippen LogP) is 1.84. The van der Waals surface area contributed by atoms with E-state index in [-0.39, 0.29) is 18.2 Å². The van der Waals surface area contributed by atoms with Crippen molar-refractivity contribution in [1.82, 2.24) is 25.9 Å². The van der Waals surface area contributed by atoms with Crippen molar-refractivity contribution in [2.75, 3.05) is 0 Å². The zero-order chi connectivity index (χ0) is 14.1. The van der Waals surface area contributed by atoms with E-state index in [4.69, 9.17) is 16.0 Å². The van der Waals surface area contributed by atoms with Crippen molar-refractivity contribution in [3.05, 3.63) is 40.4 Å². The quantitative estimate of drug-likeness (QED) is 0.767. The molecule has 0 bridgehead atoms. The van der Waals surface area contributed by atoms with Gasteiger partial charge in [-0.1, -0.05) is 16.8 Å². The van der Waals surface area contributed by atoms with Gasteiger partial charge in [-0.2, -0.15) is 5.21 Å². The van der Waals surface area contributed by atoms with Crippen molar-refractivity contribution < 1.29 is 9.21 Å². The number of aromatic amines is 1. The van der Waals surface area contributed by atoms with Crippen LogP contribution in [-0.4, -0.2) is 26.5 Å². The molecule has 2 aromatic heterocycles. The molecular formula is C12H10ClN5O2. The van der Waals surface area contributed by atoms with Gasteiger partial charge in [0.1, 0.15) is 5.58 Å². The van der Waals surface area contributed by atoms with Crippen LogP contribution in [0, 0.1) is 6.92 Å². The van der Waals surface area contributed by atoms with E-state index >= 15 is 0 Å². The van der Waals surface area contributed by atoms with Gasteiger partial charge in [0.15, 0.2) is 11.6 Å². The van der Waals surface area contributed by atoms with Gasteiger partial charge in [-0.05, 0) is 25.1 Å². The predicted molar refractivity (Wildman–Crippen MR) is 71.3 cm³/mol. The number of amides is 1. The van der Waals surface area contributed by atoms with Gasteiger partial charge in [0.2, 0.25) is 0 Å². The lowest BCUT2D eigenvalue weighted by molar-refractivity contribution is 0.0923. The van der Waals surface area contributed by atoms with E-state index in [1.165, 1.54) is 0 Å². The third-order valence-corrected chi connectivity index (χ3v) is 3.14. The fourth-order valence-corrected chi connectivity index (χ4v) is 2.08. The number of nitrogens with one attached hydrogen (secondary N) is 2. The third-order valence-electron chi connectivity index (χ3n) is 2.90. The number of rotatable bonds is 3. The molecule has 1 amide bonds. The van der Waals surface area contributed by atoms with Crippen molar-refractivity contribution in [2.45, 2.75) is 13.5 Å². The number of fused-ring (bicyclic) bond motifs is 1. The first kappa shape index (κ1) is 12.6. The fraction of sp³-hybridized carbons (Fsp3) is 0.167. The molecule has 102 valence electrons. The molecule has 1 aromatic carbocycles. The summed E-state index contributed by atoms with van der Waals surface area (Å²) < 4.78 is 5.55. The van der Waals surface area contributed by atoms with Crippen LogP contribution < -0.4 is 5.32 Å². The average Bonchev–Trinajstić information content (AvgIpc) is 3.05. The van der Waals surface area contributed by atoms with E-state index < -0.39 is 0 Å². The molecule has 0 fully saturated rings. The maximum absolute atomic E-state index is 12.1. The number of halogens is 1. The van der Waals surface area contributed by atoms with Gasteiger partial charge < -0.3 is 9.73 Å². The van der Waals surface area contributed by atoms with Crippen molar-refractivity contribution in [3.63, 3.8) is 0 Å². The Bertz CT molecular complexity index is 766. The number of benzene rings is 1. The third kappa shape index (κ3) is 2.23. The molecule has 0 aliphatic carbocycles. The molecule has 0 aliphatic heterocycles. The summed E-state index contributed by atoms with van der Waals surface area (Å²) in [6.45, 7) is 1.98. The second-order valence-electron chi connectivity index (χ2n) is 4.21. The van der Waals surface area contributed by atoms with E-state index in [2.05, 4.69) is 25.9 Å². The lowest BCUT2D eigenvalue weighted by atomic mass is 10.1. The number of nitrogens with zero attached hydrogens (tertiary/aromatic N) is 3. The summed E-state index contributed by atoms with van der Waals surface area (Å²) in [6, 6.07) is 5.22. The van der Waals surface area contributed by atoms with Gasteiger partial charge in [0.25, 0.3) is 5.91 Å². The maximum Gasteiger partial charge on any atom is 0.287 e. The van der Waals surface area contributed by atoms with Crippen molar-refractivity contribution in [2.24, 2.45) is 0 Å². The van der Waals surface area contributed by atoms with Crippen LogP contribution in [0.2, 0.25) is 5.02 Å². The maximum atomic E-state index is 12.1. The monoisotopic (exact) mass is 291 g/mol. The van der Waals surface area contributed by atoms with Gasteiger partial charge in [-0.3, -0.25) is 4.79 Å². The normalized spacial score (nSPS) is 10.9. The van der Waals surface area contributed by atoms with Crippen molar-refractivity contribution in [3.8, 4) is 0 Å². The van der Waals surface area contributed by atoms with Crippen LogP contribution in [0.15, 0.2) is 22.6 Å². The summed E-state index contributed by atoms with van der Waals surface area (Å²) in [4.78, 5) is 12.1. The van der Waals surface area contributed by atoms with E-state index in [0.717, 1.165) is 10.9 Å². The Morgan fingerprint density at radius 3 is 3.10 bits per heavy atom. The first-order valence-corrected chi connectivity index (χ1v) is 6.22. The first-order chi connectivity index (χ1) is 9.65. The molecule has 20 heavy (non-hydrogen) atoms. The Morgan fingerprint density at radius 1 is 1.50 bits per heavy atom. The number of hydrogen-bond donors (Lipinski definition) is 2. The molecule has 3 aromatic rings. The zero-order valence-corrected chi connectivity index (χ0v) is 11.2. The number of carbonyl (C=O) groups is 1. The largest absolute Gasteiger partial charge is 0.451 e. The lowest BCUT2D eigenvalue weighted by Crippen LogP contribution is -2.23. The number of aryl methyl sites for hydroxylation is 1. The number of tetrazole rings is 1. The van der Waals surface area contributed by atoms with Crippen LogP contribution in [-0.2, 0) is 6.54 Å². The molecular weight excluding hydrogens is 282 g/mol. The SMILES string of the molecule is Cc1c(C(=O)NCc2nn[nH]n2)oc2ccc(Cl)cc12. The zero-order valence-electron chi connectivity index (χ0n) is 10.5. The summed E-state index contributed by atoms with van der Waals surface area (Å²) in [6.07, 6.45) is 0. The summed E-state index contributed by atoms with van der Waals surface area (Å²) in [5, 5.41) is 17.3. The molecule has 0 spiro atoms. The summed E-state index contributed by atoms with van der Waals surface area (Å²) in [5.41, 5.74) is 1.37. The smallest absolute Gasteiger partial charge is 0.287 e. The Morgan fingerprint density at radius 2 is 2.35 bits per heavy atom. The van der Waals surface area contributed by atoms with Gasteiger partial charge in [-0.25, -0.2) is 0 Å². The average molecular weight is 292 g/mol. The van der Waals surface area contributed by atoms with Crippen LogP contribution in [0.1, 0.15) is 21.9 Å². The minimum absolute atomic E-state index is 0.173. The van der Waals surface area contributed by atoms with Gasteiger partial charge in [-0.15, -0.1) is 10.2 Å². The Balaban J connectivity index is 1.86. The second-order valence-corrected chi connectivity index (χ2v) is 4.64. The van der Waals surface area contributed by atoms with Crippen LogP contribution in [0.3, 0.4) is 0 Å². The van der Waals surface area contributed by atoms with Crippen molar-refractivity contribution >= 4 is 28.5 Å². The second kappa shape index (κ2) is 4.93. The van der Waals surface area contributed by atoms with Crippen molar-refractivity contribution in [1.29, 1.82) is 0 Å². The highest BCUT2D eigenvalue weighted by atomic mass is 35.5. The standard InChI is InChI=1S/C12H10ClN5O2/c1-6-8-4-7(13)2-3-9(8)20-11(6)12(19)14-5-10-15-17-18-16-10/h2-4H,5H2,1H3,(H,14,19)(H,15,16,17,18). The van der Waals surface area contributed by atoms with Crippen LogP contribution in [0.25, 0.3) is 11.0 Å². The molecule has 0 aliphatic rings. The Kier molecular flexibility index (Phi) is 3.11. The fourth-order valence-electron chi connectivity index (χ4n) is 1.91. The molecule has 8 heteroatoms. The molecule has 0 saturated carbocycles. The first-order valence-electron chi connectivity index (χ1n) is 5.84. The molecule has 7 nitrogen and oxygen atoms in total. The summed E-state index contributed by atoms with van der Waals surface area (Å²) in [7, 11) is 0. The van der Waals surface area contributed by atoms with Crippen LogP contribution >= 0.6 is 11.6 Å². The number of aromatic nitrogens is 4. The minimum atomic E-state index is -0.334. The topological polar surface area (TPSA) is 96.7 Å². The van der Waals surface area contributed by atoms with E-state index in [1.54, 1.807) is 18.2 Å². The molecule has 3 rings (SSSR count). The van der Waals surface area contributed by atoms with Crippen LogP contribution in [0.5, 0.6) is 0 Å². The van der Waals surface area contributed by atoms with Gasteiger partial charge in [0.05, 0.1) is 6.54 Å². The highest BCUT2D eigenvalue weighted by Gasteiger charge is 2.18. The van der Waals surface area contributed by atoms with Gasteiger partial charge >= 0.3 is 0 Å². The summed E-state index contributed by atoms with van der Waals surface area (Å²) in [5.74, 6) is 0.320. The highest BCUT2D eigenvalue weighted by Crippen LogP contribution is 2.27. The molecule has 0 radical (unpaired) electrons. The Labute approximate surface area is 118 Å². The summed E-state index contributed by atoms with van der Waals surface area (Å²) >= 11 is 5.94. The number of hydrogen-bond acceptors (Lipinski definition) is 5. The number of H-pyrrole nitrogens is 1. The molecule has 2 N–H and O–H groups in total. The molecule has 2 heterocycles. The molecule has 0 saturated heterocycles. The lowest BCUT2D eigenvalue weighted by Gasteiger charge is -1.99. The van der Waals surface area contributed by atoms with E-state index in [0.29, 0.717) is 16.4 Å². The number of furan rings is 1. The van der Waals surface area contributed by atoms with E-state index in [1.807, 2.05) is 6.92 Å². The minimum Gasteiger partial charge on any atom is -0.451 e. The van der Waals surface area contributed by atoms with Crippen LogP contribution in [0.4, 0.5) is 0 Å². The van der Waals surface area contributed by atoms with E-state index in [9.17, 15) is 4.79 Å². The molecule has 0 unspecified atom stereocenters. The molecule has 0 atom stereocenters. The Hall–Kier alpha value is -2.41.